The normalized spacial score (nSPS) is 10.5. The lowest BCUT2D eigenvalue weighted by molar-refractivity contribution is 0.0689. The lowest BCUT2D eigenvalue weighted by Crippen LogP contribution is -2.00. The molecule has 0 aliphatic heterocycles. The number of carboxylic acid groups (broad SMARTS) is 1. The Hall–Kier alpha value is -2.01. The number of ether oxygens (including phenoxy) is 1. The second-order valence-electron chi connectivity index (χ2n) is 4.12. The fourth-order valence-corrected chi connectivity index (χ4v) is 2.21. The van der Waals surface area contributed by atoms with E-state index in [1.54, 1.807) is 13.1 Å². The van der Waals surface area contributed by atoms with E-state index < -0.39 is 5.97 Å². The maximum Gasteiger partial charge on any atom is 0.356 e. The predicted molar refractivity (Wildman–Crippen MR) is 71.9 cm³/mol. The van der Waals surface area contributed by atoms with E-state index in [9.17, 15) is 4.79 Å². The van der Waals surface area contributed by atoms with Crippen LogP contribution < -0.4 is 4.74 Å². The van der Waals surface area contributed by atoms with Gasteiger partial charge < -0.3 is 9.84 Å². The molecule has 0 amide bonds. The molecule has 1 aromatic heterocycles. The summed E-state index contributed by atoms with van der Waals surface area (Å²) in [6, 6.07) is 5.10. The molecule has 0 unspecified atom stereocenters. The number of carboxylic acids is 1. The van der Waals surface area contributed by atoms with E-state index in [2.05, 4.69) is 5.10 Å². The number of nitrogens with zero attached hydrogens (tertiary/aromatic N) is 2. The summed E-state index contributed by atoms with van der Waals surface area (Å²) in [5.74, 6) is -0.554. The summed E-state index contributed by atoms with van der Waals surface area (Å²) in [5.41, 5.74) is 2.31. The molecule has 0 fully saturated rings. The molecule has 2 rings (SSSR count). The lowest BCUT2D eigenvalue weighted by Gasteiger charge is -2.13. The first kappa shape index (κ1) is 13.4. The number of aryl methyl sites for hydroxylation is 2. The summed E-state index contributed by atoms with van der Waals surface area (Å²) in [4.78, 5) is 11.0. The van der Waals surface area contributed by atoms with Crippen molar-refractivity contribution in [2.45, 2.75) is 6.92 Å². The van der Waals surface area contributed by atoms with Gasteiger partial charge in [0.1, 0.15) is 5.75 Å². The third-order valence-electron chi connectivity index (χ3n) is 2.88. The van der Waals surface area contributed by atoms with Gasteiger partial charge in [-0.2, -0.15) is 5.10 Å². The largest absolute Gasteiger partial charge is 0.494 e. The van der Waals surface area contributed by atoms with E-state index in [-0.39, 0.29) is 5.69 Å². The molecule has 2 aromatic rings. The molecular weight excluding hydrogens is 268 g/mol. The summed E-state index contributed by atoms with van der Waals surface area (Å²) in [7, 11) is 3.21. The molecule has 0 aliphatic rings. The zero-order valence-corrected chi connectivity index (χ0v) is 11.5. The summed E-state index contributed by atoms with van der Waals surface area (Å²) in [6.45, 7) is 1.90. The Labute approximate surface area is 115 Å². The number of aromatic carboxylic acids is 1. The molecule has 0 aliphatic carbocycles. The van der Waals surface area contributed by atoms with Gasteiger partial charge in [-0.3, -0.25) is 4.68 Å². The van der Waals surface area contributed by atoms with Gasteiger partial charge in [-0.05, 0) is 24.6 Å². The van der Waals surface area contributed by atoms with E-state index in [1.807, 2.05) is 13.0 Å². The lowest BCUT2D eigenvalue weighted by atomic mass is 10.0. The van der Waals surface area contributed by atoms with Crippen molar-refractivity contribution in [2.24, 2.45) is 7.05 Å². The van der Waals surface area contributed by atoms with Gasteiger partial charge in [0.05, 0.1) is 17.8 Å². The van der Waals surface area contributed by atoms with Crippen LogP contribution in [-0.2, 0) is 7.05 Å². The van der Waals surface area contributed by atoms with E-state index in [0.29, 0.717) is 16.5 Å². The maximum absolute atomic E-state index is 11.0. The van der Waals surface area contributed by atoms with Crippen LogP contribution in [0, 0.1) is 6.92 Å². The van der Waals surface area contributed by atoms with Gasteiger partial charge in [-0.25, -0.2) is 4.79 Å². The minimum absolute atomic E-state index is 0.0149. The highest BCUT2D eigenvalue weighted by Gasteiger charge is 2.19. The zero-order valence-electron chi connectivity index (χ0n) is 10.8. The molecular formula is C13H13ClN2O3. The van der Waals surface area contributed by atoms with Crippen molar-refractivity contribution in [1.82, 2.24) is 9.78 Å². The number of benzene rings is 1. The van der Waals surface area contributed by atoms with Crippen LogP contribution in [0.5, 0.6) is 5.75 Å². The van der Waals surface area contributed by atoms with E-state index in [1.165, 1.54) is 17.9 Å². The Morgan fingerprint density at radius 1 is 1.47 bits per heavy atom. The smallest absolute Gasteiger partial charge is 0.356 e. The Kier molecular flexibility index (Phi) is 3.48. The van der Waals surface area contributed by atoms with Crippen LogP contribution in [-0.4, -0.2) is 28.0 Å². The Morgan fingerprint density at radius 3 is 2.68 bits per heavy atom. The number of hydrogen-bond acceptors (Lipinski definition) is 3. The van der Waals surface area contributed by atoms with Gasteiger partial charge in [0.2, 0.25) is 0 Å². The standard InChI is InChI=1S/C13H13ClN2O3/c1-7-4-5-8(14)12(19-3)11(7)10-6-9(13(17)18)15-16(10)2/h4-6H,1-3H3,(H,17,18). The molecule has 6 heteroatoms. The molecule has 5 nitrogen and oxygen atoms in total. The Balaban J connectivity index is 2.71. The molecule has 0 bridgehead atoms. The van der Waals surface area contributed by atoms with Crippen molar-refractivity contribution in [2.75, 3.05) is 7.11 Å². The van der Waals surface area contributed by atoms with E-state index in [0.717, 1.165) is 11.1 Å². The minimum Gasteiger partial charge on any atom is -0.494 e. The van der Waals surface area contributed by atoms with E-state index >= 15 is 0 Å². The predicted octanol–water partition coefficient (Wildman–Crippen LogP) is 2.76. The van der Waals surface area contributed by atoms with Gasteiger partial charge >= 0.3 is 5.97 Å². The van der Waals surface area contributed by atoms with Gasteiger partial charge in [-0.1, -0.05) is 17.7 Å². The maximum atomic E-state index is 11.0. The molecule has 100 valence electrons. The van der Waals surface area contributed by atoms with Crippen molar-refractivity contribution in [3.63, 3.8) is 0 Å². The molecule has 0 atom stereocenters. The summed E-state index contributed by atoms with van der Waals surface area (Å²) in [6.07, 6.45) is 0. The highest BCUT2D eigenvalue weighted by Crippen LogP contribution is 2.38. The monoisotopic (exact) mass is 280 g/mol. The fraction of sp³-hybridized carbons (Fsp3) is 0.231. The first-order valence-corrected chi connectivity index (χ1v) is 5.94. The molecule has 0 radical (unpaired) electrons. The van der Waals surface area contributed by atoms with Crippen LogP contribution in [0.15, 0.2) is 18.2 Å². The molecule has 0 saturated heterocycles. The summed E-state index contributed by atoms with van der Waals surface area (Å²) in [5, 5.41) is 13.4. The quantitative estimate of drug-likeness (QED) is 0.939. The fourth-order valence-electron chi connectivity index (χ4n) is 1.98. The number of methoxy groups -OCH3 is 1. The topological polar surface area (TPSA) is 64.3 Å². The second kappa shape index (κ2) is 4.93. The van der Waals surface area contributed by atoms with Crippen LogP contribution >= 0.6 is 11.6 Å². The van der Waals surface area contributed by atoms with Crippen LogP contribution in [0.2, 0.25) is 5.02 Å². The van der Waals surface area contributed by atoms with E-state index in [4.69, 9.17) is 21.4 Å². The SMILES string of the molecule is COc1c(Cl)ccc(C)c1-c1cc(C(=O)O)nn1C. The summed E-state index contributed by atoms with van der Waals surface area (Å²) >= 11 is 6.10. The number of carbonyl (C=O) groups is 1. The van der Waals surface area contributed by atoms with Crippen molar-refractivity contribution in [3.05, 3.63) is 34.5 Å². The van der Waals surface area contributed by atoms with Crippen molar-refractivity contribution >= 4 is 17.6 Å². The Bertz CT molecular complexity index is 650. The van der Waals surface area contributed by atoms with Gasteiger partial charge in [-0.15, -0.1) is 0 Å². The minimum atomic E-state index is -1.07. The van der Waals surface area contributed by atoms with Gasteiger partial charge in [0.15, 0.2) is 5.69 Å². The van der Waals surface area contributed by atoms with Crippen LogP contribution in [0.1, 0.15) is 16.1 Å². The number of aromatic nitrogens is 2. The average molecular weight is 281 g/mol. The van der Waals surface area contributed by atoms with Gasteiger partial charge in [0, 0.05) is 12.6 Å². The van der Waals surface area contributed by atoms with Crippen LogP contribution in [0.25, 0.3) is 11.3 Å². The highest BCUT2D eigenvalue weighted by atomic mass is 35.5. The van der Waals surface area contributed by atoms with Gasteiger partial charge in [0.25, 0.3) is 0 Å². The van der Waals surface area contributed by atoms with Crippen LogP contribution in [0.4, 0.5) is 0 Å². The number of hydrogen-bond donors (Lipinski definition) is 1. The average Bonchev–Trinajstić information content (AvgIpc) is 2.74. The first-order chi connectivity index (χ1) is 8.95. The van der Waals surface area contributed by atoms with Crippen molar-refractivity contribution in [1.29, 1.82) is 0 Å². The Morgan fingerprint density at radius 2 is 2.16 bits per heavy atom. The molecule has 1 heterocycles. The van der Waals surface area contributed by atoms with Crippen molar-refractivity contribution in [3.8, 4) is 17.0 Å². The zero-order chi connectivity index (χ0) is 14.2. The van der Waals surface area contributed by atoms with Crippen molar-refractivity contribution < 1.29 is 14.6 Å². The number of rotatable bonds is 3. The van der Waals surface area contributed by atoms with Crippen LogP contribution in [0.3, 0.4) is 0 Å². The third kappa shape index (κ3) is 2.29. The highest BCUT2D eigenvalue weighted by molar-refractivity contribution is 6.32. The summed E-state index contributed by atoms with van der Waals surface area (Å²) < 4.78 is 6.82. The molecule has 19 heavy (non-hydrogen) atoms. The third-order valence-corrected chi connectivity index (χ3v) is 3.17. The number of halogens is 1. The molecule has 1 aromatic carbocycles. The first-order valence-electron chi connectivity index (χ1n) is 5.56. The molecule has 1 N–H and O–H groups in total. The second-order valence-corrected chi connectivity index (χ2v) is 4.52. The molecule has 0 spiro atoms. The molecule has 0 saturated carbocycles.